The summed E-state index contributed by atoms with van der Waals surface area (Å²) < 4.78 is 72.2. The average molecular weight is 627 g/mol. The van der Waals surface area contributed by atoms with Gasteiger partial charge < -0.3 is 33.6 Å². The van der Waals surface area contributed by atoms with Crippen molar-refractivity contribution < 1.29 is 55.8 Å². The molecule has 244 valence electrons. The number of hydrogen-bond donors (Lipinski definition) is 1. The topological polar surface area (TPSA) is 119 Å². The Morgan fingerprint density at radius 3 is 2.43 bits per heavy atom. The van der Waals surface area contributed by atoms with Gasteiger partial charge in [-0.15, -0.1) is 0 Å². The fourth-order valence-corrected chi connectivity index (χ4v) is 6.68. The van der Waals surface area contributed by atoms with Crippen LogP contribution in [-0.4, -0.2) is 75.4 Å². The second-order valence-electron chi connectivity index (χ2n) is 13.0. The Kier molecular flexibility index (Phi) is 9.68. The molecule has 5 rings (SSSR count). The maximum absolute atomic E-state index is 12.9. The summed E-state index contributed by atoms with van der Waals surface area (Å²) in [5.41, 5.74) is -1.33. The highest BCUT2D eigenvalue weighted by atomic mass is 19.4. The number of halogens is 3. The third-order valence-corrected chi connectivity index (χ3v) is 9.62. The molecule has 1 amide bonds. The Bertz CT molecular complexity index is 1260. The molecule has 1 aromatic rings. The third-order valence-electron chi connectivity index (χ3n) is 9.62. The number of rotatable bonds is 12. The zero-order valence-electron chi connectivity index (χ0n) is 26.2. The summed E-state index contributed by atoms with van der Waals surface area (Å²) >= 11 is 0. The molecule has 44 heavy (non-hydrogen) atoms. The van der Waals surface area contributed by atoms with E-state index in [0.29, 0.717) is 11.5 Å². The first-order valence-corrected chi connectivity index (χ1v) is 14.7. The van der Waals surface area contributed by atoms with Crippen LogP contribution in [0.5, 0.6) is 5.75 Å². The van der Waals surface area contributed by atoms with Crippen LogP contribution in [0, 0.1) is 17.3 Å². The molecule has 0 aromatic heterocycles. The summed E-state index contributed by atoms with van der Waals surface area (Å²) in [7, 11) is 1.75. The van der Waals surface area contributed by atoms with Crippen molar-refractivity contribution in [3.63, 3.8) is 0 Å². The number of amides is 1. The van der Waals surface area contributed by atoms with Crippen LogP contribution in [0.3, 0.4) is 0 Å². The van der Waals surface area contributed by atoms with Crippen LogP contribution >= 0.6 is 0 Å². The lowest BCUT2D eigenvalue weighted by molar-refractivity contribution is -0.199. The molecule has 10 nitrogen and oxygen atoms in total. The van der Waals surface area contributed by atoms with E-state index >= 15 is 0 Å². The van der Waals surface area contributed by atoms with Crippen LogP contribution in [0.2, 0.25) is 0 Å². The summed E-state index contributed by atoms with van der Waals surface area (Å²) in [4.78, 5) is 37.8. The minimum atomic E-state index is -4.49. The number of esters is 2. The number of nitrogens with one attached hydrogen (secondary N) is 1. The molecule has 2 bridgehead atoms. The van der Waals surface area contributed by atoms with E-state index in [1.54, 1.807) is 12.1 Å². The summed E-state index contributed by atoms with van der Waals surface area (Å²) in [5, 5.41) is 2.69. The van der Waals surface area contributed by atoms with Crippen molar-refractivity contribution >= 4 is 25.0 Å². The molecule has 4 fully saturated rings. The first kappa shape index (κ1) is 34.0. The van der Waals surface area contributed by atoms with Gasteiger partial charge in [0.25, 0.3) is 0 Å². The summed E-state index contributed by atoms with van der Waals surface area (Å²) in [6.45, 7) is 8.74. The minimum absolute atomic E-state index is 0.0179. The number of ether oxygens (including phenoxy) is 4. The Morgan fingerprint density at radius 1 is 1.11 bits per heavy atom. The molecule has 1 aromatic carbocycles. The fraction of sp³-hybridized carbons (Fsp3) is 0.700. The van der Waals surface area contributed by atoms with Gasteiger partial charge in [0, 0.05) is 13.5 Å². The number of benzene rings is 1. The zero-order valence-corrected chi connectivity index (χ0v) is 26.2. The van der Waals surface area contributed by atoms with Crippen molar-refractivity contribution in [2.24, 2.45) is 17.3 Å². The van der Waals surface area contributed by atoms with Gasteiger partial charge in [-0.2, -0.15) is 13.2 Å². The van der Waals surface area contributed by atoms with Gasteiger partial charge in [-0.25, -0.2) is 9.59 Å². The van der Waals surface area contributed by atoms with E-state index in [0.717, 1.165) is 12.8 Å². The highest BCUT2D eigenvalue weighted by molar-refractivity contribution is 6.48. The molecule has 1 saturated heterocycles. The molecular formula is C30H41BF3NO9. The number of carbonyl (C=O) groups excluding carboxylic acids is 3. The predicted molar refractivity (Wildman–Crippen MR) is 151 cm³/mol. The minimum Gasteiger partial charge on any atom is -0.496 e. The van der Waals surface area contributed by atoms with Gasteiger partial charge in [-0.1, -0.05) is 26.0 Å². The van der Waals surface area contributed by atoms with E-state index in [4.69, 9.17) is 28.3 Å². The van der Waals surface area contributed by atoms with Crippen molar-refractivity contribution in [1.29, 1.82) is 0 Å². The van der Waals surface area contributed by atoms with Crippen LogP contribution in [0.1, 0.15) is 76.2 Å². The van der Waals surface area contributed by atoms with Crippen LogP contribution in [-0.2, 0) is 39.5 Å². The number of para-hydroxylation sites is 1. The van der Waals surface area contributed by atoms with Gasteiger partial charge in [-0.05, 0) is 68.9 Å². The molecule has 5 unspecified atom stereocenters. The molecule has 5 atom stereocenters. The smallest absolute Gasteiger partial charge is 0.482 e. The second kappa shape index (κ2) is 12.5. The normalized spacial score (nSPS) is 26.2. The quantitative estimate of drug-likeness (QED) is 0.204. The third kappa shape index (κ3) is 6.86. The van der Waals surface area contributed by atoms with E-state index < -0.39 is 67.9 Å². The molecule has 1 aliphatic heterocycles. The van der Waals surface area contributed by atoms with Crippen molar-refractivity contribution in [1.82, 2.24) is 5.32 Å². The number of carbonyl (C=O) groups is 3. The Balaban J connectivity index is 1.53. The zero-order chi connectivity index (χ0) is 32.7. The average Bonchev–Trinajstić information content (AvgIpc) is 3.32. The SMILES string of the molecule is COc1c(CC(NC(=O)CCC(F)(F)F)B2OC3CC4CC(C4(C)C)C3(C)O2)cccc1C(=O)OCOC(=O)C(C)(C)OC. The molecule has 0 radical (unpaired) electrons. The van der Waals surface area contributed by atoms with Gasteiger partial charge in [0.2, 0.25) is 12.7 Å². The lowest BCUT2D eigenvalue weighted by Crippen LogP contribution is -2.65. The number of alkyl halides is 3. The van der Waals surface area contributed by atoms with E-state index in [-0.39, 0.29) is 35.2 Å². The highest BCUT2D eigenvalue weighted by Crippen LogP contribution is 2.65. The first-order chi connectivity index (χ1) is 20.4. The van der Waals surface area contributed by atoms with Gasteiger partial charge in [0.05, 0.1) is 31.2 Å². The Hall–Kier alpha value is -2.84. The summed E-state index contributed by atoms with van der Waals surface area (Å²) in [5.74, 6) is -2.45. The predicted octanol–water partition coefficient (Wildman–Crippen LogP) is 4.42. The molecule has 3 saturated carbocycles. The Morgan fingerprint density at radius 2 is 1.82 bits per heavy atom. The molecule has 0 spiro atoms. The monoisotopic (exact) mass is 627 g/mol. The molecule has 4 aliphatic rings. The van der Waals surface area contributed by atoms with Gasteiger partial charge in [-0.3, -0.25) is 4.79 Å². The summed E-state index contributed by atoms with van der Waals surface area (Å²) in [6, 6.07) is 4.69. The lowest BCUT2D eigenvalue weighted by Gasteiger charge is -2.64. The van der Waals surface area contributed by atoms with Gasteiger partial charge in [0.1, 0.15) is 11.3 Å². The maximum Gasteiger partial charge on any atom is 0.482 e. The van der Waals surface area contributed by atoms with Crippen LogP contribution in [0.15, 0.2) is 18.2 Å². The van der Waals surface area contributed by atoms with Crippen molar-refractivity contribution in [3.8, 4) is 5.75 Å². The van der Waals surface area contributed by atoms with Gasteiger partial charge >= 0.3 is 25.2 Å². The van der Waals surface area contributed by atoms with Crippen LogP contribution < -0.4 is 10.1 Å². The largest absolute Gasteiger partial charge is 0.496 e. The van der Waals surface area contributed by atoms with E-state index in [1.165, 1.54) is 34.1 Å². The van der Waals surface area contributed by atoms with Gasteiger partial charge in [0.15, 0.2) is 5.60 Å². The highest BCUT2D eigenvalue weighted by Gasteiger charge is 2.68. The van der Waals surface area contributed by atoms with Crippen LogP contribution in [0.4, 0.5) is 13.2 Å². The molecule has 1 heterocycles. The van der Waals surface area contributed by atoms with E-state index in [1.807, 2.05) is 6.92 Å². The Labute approximate surface area is 255 Å². The number of hydrogen-bond acceptors (Lipinski definition) is 9. The van der Waals surface area contributed by atoms with E-state index in [2.05, 4.69) is 19.2 Å². The molecular weight excluding hydrogens is 586 g/mol. The first-order valence-electron chi connectivity index (χ1n) is 14.7. The number of methoxy groups -OCH3 is 2. The van der Waals surface area contributed by atoms with E-state index in [9.17, 15) is 27.6 Å². The van der Waals surface area contributed by atoms with Crippen molar-refractivity contribution in [3.05, 3.63) is 29.3 Å². The fourth-order valence-electron chi connectivity index (χ4n) is 6.68. The molecule has 1 N–H and O–H groups in total. The van der Waals surface area contributed by atoms with Crippen molar-refractivity contribution in [2.75, 3.05) is 21.0 Å². The van der Waals surface area contributed by atoms with Crippen LogP contribution in [0.25, 0.3) is 0 Å². The molecule has 3 aliphatic carbocycles. The molecule has 14 heteroatoms. The lowest BCUT2D eigenvalue weighted by atomic mass is 9.43. The second-order valence-corrected chi connectivity index (χ2v) is 13.0. The standard InChI is InChI=1S/C30H41BF3NO9/c1-27(2)18-14-20(27)29(5)21(15-18)43-31(44-29)22(35-23(36)11-12-30(32,33)34)13-17-9-8-10-19(24(17)39-6)25(37)41-16-42-26(38)28(3,4)40-7/h8-10,18,20-22H,11-16H2,1-7H3,(H,35,36). The summed E-state index contributed by atoms with van der Waals surface area (Å²) in [6.07, 6.45) is -4.96. The van der Waals surface area contributed by atoms with Crippen molar-refractivity contribution in [2.45, 2.75) is 96.1 Å². The maximum atomic E-state index is 12.9.